The van der Waals surface area contributed by atoms with Gasteiger partial charge >= 0.3 is 0 Å². The molecular weight excluding hydrogens is 490 g/mol. The number of aromatic nitrogens is 2. The molecule has 0 unspecified atom stereocenters. The second kappa shape index (κ2) is 11.5. The molecule has 0 radical (unpaired) electrons. The molecule has 2 aromatic heterocycles. The van der Waals surface area contributed by atoms with Gasteiger partial charge in [-0.25, -0.2) is 4.98 Å². The first-order valence-electron chi connectivity index (χ1n) is 13.9. The van der Waals surface area contributed by atoms with E-state index in [4.69, 9.17) is 0 Å². The molecule has 0 bridgehead atoms. The van der Waals surface area contributed by atoms with E-state index < -0.39 is 0 Å². The number of likely N-dealkylation sites (tertiary alicyclic amines) is 1. The lowest BCUT2D eigenvalue weighted by atomic mass is 9.95. The van der Waals surface area contributed by atoms with E-state index in [9.17, 15) is 9.90 Å². The van der Waals surface area contributed by atoms with Gasteiger partial charge in [0.15, 0.2) is 5.71 Å². The number of anilines is 2. The van der Waals surface area contributed by atoms with Gasteiger partial charge in [-0.1, -0.05) is 18.6 Å². The number of hydrogen-bond acceptors (Lipinski definition) is 8. The number of amides is 1. The van der Waals surface area contributed by atoms with E-state index in [1.165, 1.54) is 24.8 Å². The normalized spacial score (nSPS) is 18.2. The molecule has 39 heavy (non-hydrogen) atoms. The van der Waals surface area contributed by atoms with Crippen molar-refractivity contribution in [1.82, 2.24) is 20.3 Å². The number of benzene rings is 1. The number of fused-ring (bicyclic) bond motifs is 1. The Morgan fingerprint density at radius 1 is 0.974 bits per heavy atom. The lowest BCUT2D eigenvalue weighted by Gasteiger charge is -2.30. The first-order chi connectivity index (χ1) is 19.1. The number of nitrogens with zero attached hydrogens (tertiary/aromatic N) is 5. The minimum absolute atomic E-state index is 0.229. The monoisotopic (exact) mass is 525 g/mol. The van der Waals surface area contributed by atoms with Crippen LogP contribution in [0.5, 0.6) is 0 Å². The van der Waals surface area contributed by atoms with Crippen molar-refractivity contribution >= 4 is 23.1 Å². The summed E-state index contributed by atoms with van der Waals surface area (Å²) in [6.07, 6.45) is 10.6. The fourth-order valence-electron chi connectivity index (χ4n) is 5.61. The second-order valence-electron chi connectivity index (χ2n) is 10.7. The molecule has 3 aliphatic rings. The van der Waals surface area contributed by atoms with Gasteiger partial charge in [-0.3, -0.25) is 14.7 Å². The van der Waals surface area contributed by atoms with Crippen molar-refractivity contribution in [3.8, 4) is 11.1 Å². The number of nitrogens with one attached hydrogen (secondary N) is 2. The minimum atomic E-state index is -0.284. The van der Waals surface area contributed by atoms with Crippen molar-refractivity contribution < 1.29 is 9.90 Å². The van der Waals surface area contributed by atoms with Crippen LogP contribution in [0.1, 0.15) is 48.8 Å². The third kappa shape index (κ3) is 5.94. The fourth-order valence-corrected chi connectivity index (χ4v) is 5.61. The van der Waals surface area contributed by atoms with Crippen LogP contribution < -0.4 is 15.6 Å². The largest absolute Gasteiger partial charge is 0.393 e. The molecule has 1 amide bonds. The molecule has 6 rings (SSSR count). The summed E-state index contributed by atoms with van der Waals surface area (Å²) in [6.45, 7) is 5.32. The summed E-state index contributed by atoms with van der Waals surface area (Å²) in [6, 6.07) is 12.2. The molecule has 0 saturated carbocycles. The van der Waals surface area contributed by atoms with E-state index in [0.717, 1.165) is 73.6 Å². The van der Waals surface area contributed by atoms with Crippen LogP contribution in [0, 0.1) is 0 Å². The van der Waals surface area contributed by atoms with Gasteiger partial charge in [-0.15, -0.1) is 0 Å². The summed E-state index contributed by atoms with van der Waals surface area (Å²) in [4.78, 5) is 27.0. The Bertz CT molecular complexity index is 1340. The molecule has 202 valence electrons. The summed E-state index contributed by atoms with van der Waals surface area (Å²) in [5.74, 6) is 0.566. The number of pyridine rings is 2. The summed E-state index contributed by atoms with van der Waals surface area (Å²) in [7, 11) is 0. The van der Waals surface area contributed by atoms with E-state index in [2.05, 4.69) is 53.8 Å². The van der Waals surface area contributed by atoms with E-state index in [0.29, 0.717) is 17.9 Å². The quantitative estimate of drug-likeness (QED) is 0.452. The molecule has 0 atom stereocenters. The Morgan fingerprint density at radius 3 is 2.62 bits per heavy atom. The van der Waals surface area contributed by atoms with E-state index in [1.54, 1.807) is 6.20 Å². The van der Waals surface area contributed by atoms with Crippen LogP contribution in [-0.2, 0) is 17.9 Å². The highest BCUT2D eigenvalue weighted by Crippen LogP contribution is 2.26. The Labute approximate surface area is 229 Å². The molecule has 3 aromatic rings. The molecule has 0 aliphatic carbocycles. The number of hydrogen-bond donors (Lipinski definition) is 3. The van der Waals surface area contributed by atoms with Crippen molar-refractivity contribution in [3.05, 3.63) is 71.7 Å². The predicted octanol–water partition coefficient (Wildman–Crippen LogP) is 3.54. The fraction of sp³-hybridized carbons (Fsp3) is 0.400. The third-order valence-electron chi connectivity index (χ3n) is 7.82. The zero-order chi connectivity index (χ0) is 26.6. The number of rotatable bonds is 6. The van der Waals surface area contributed by atoms with Gasteiger partial charge in [-0.2, -0.15) is 5.10 Å². The Kier molecular flexibility index (Phi) is 7.51. The minimum Gasteiger partial charge on any atom is -0.393 e. The zero-order valence-corrected chi connectivity index (χ0v) is 22.1. The van der Waals surface area contributed by atoms with Crippen molar-refractivity contribution in [2.45, 2.75) is 51.3 Å². The average molecular weight is 526 g/mol. The molecule has 1 aromatic carbocycles. The summed E-state index contributed by atoms with van der Waals surface area (Å²) in [5.41, 5.74) is 9.06. The van der Waals surface area contributed by atoms with Crippen LogP contribution >= 0.6 is 0 Å². The molecule has 9 nitrogen and oxygen atoms in total. The van der Waals surface area contributed by atoms with Crippen LogP contribution in [0.25, 0.3) is 11.1 Å². The van der Waals surface area contributed by atoms with E-state index in [-0.39, 0.29) is 12.0 Å². The molecule has 5 heterocycles. The maximum atomic E-state index is 13.3. The van der Waals surface area contributed by atoms with Gasteiger partial charge in [0.1, 0.15) is 5.82 Å². The van der Waals surface area contributed by atoms with Gasteiger partial charge in [0.05, 0.1) is 24.5 Å². The van der Waals surface area contributed by atoms with Crippen LogP contribution in [-0.4, -0.2) is 63.9 Å². The van der Waals surface area contributed by atoms with Crippen molar-refractivity contribution in [1.29, 1.82) is 0 Å². The lowest BCUT2D eigenvalue weighted by Crippen LogP contribution is -2.36. The number of aliphatic hydroxyl groups excluding tert-OH is 1. The Morgan fingerprint density at radius 2 is 1.82 bits per heavy atom. The zero-order valence-electron chi connectivity index (χ0n) is 22.1. The van der Waals surface area contributed by atoms with Gasteiger partial charge in [0.2, 0.25) is 0 Å². The van der Waals surface area contributed by atoms with Gasteiger partial charge in [0, 0.05) is 43.2 Å². The number of piperidine rings is 2. The average Bonchev–Trinajstić information content (AvgIpc) is 2.98. The molecule has 9 heteroatoms. The van der Waals surface area contributed by atoms with Crippen LogP contribution in [0.3, 0.4) is 0 Å². The maximum absolute atomic E-state index is 13.3. The molecule has 2 saturated heterocycles. The Balaban J connectivity index is 1.17. The third-order valence-corrected chi connectivity index (χ3v) is 7.82. The number of carbonyl (C=O) groups is 1. The van der Waals surface area contributed by atoms with E-state index in [1.807, 2.05) is 30.6 Å². The molecule has 3 N–H and O–H groups in total. The topological polar surface area (TPSA) is 106 Å². The summed E-state index contributed by atoms with van der Waals surface area (Å²) >= 11 is 0. The highest BCUT2D eigenvalue weighted by Gasteiger charge is 2.23. The standard InChI is InChI=1S/C30H35N7O2/c38-26-8-12-37(13-9-26)28-7-6-25(19-32-28)34-30(39)29-27-15-22(4-5-23(27)18-33-35-29)24-14-21(16-31-17-24)20-36-10-2-1-3-11-36/h4-7,14-17,19,26,33,38H,1-3,8-13,18,20H2,(H,34,39). The van der Waals surface area contributed by atoms with E-state index >= 15 is 0 Å². The maximum Gasteiger partial charge on any atom is 0.276 e. The van der Waals surface area contributed by atoms with Crippen molar-refractivity contribution in [3.63, 3.8) is 0 Å². The van der Waals surface area contributed by atoms with Crippen molar-refractivity contribution in [2.24, 2.45) is 5.10 Å². The highest BCUT2D eigenvalue weighted by molar-refractivity contribution is 6.49. The van der Waals surface area contributed by atoms with Gasteiger partial charge < -0.3 is 20.7 Å². The number of aliphatic hydroxyl groups is 1. The van der Waals surface area contributed by atoms with Crippen LogP contribution in [0.15, 0.2) is 60.1 Å². The molecular formula is C30H35N7O2. The van der Waals surface area contributed by atoms with Gasteiger partial charge in [-0.05, 0) is 79.7 Å². The number of hydrazone groups is 1. The Hall–Kier alpha value is -3.82. The lowest BCUT2D eigenvalue weighted by molar-refractivity contribution is -0.110. The first-order valence-corrected chi connectivity index (χ1v) is 13.9. The van der Waals surface area contributed by atoms with Crippen LogP contribution in [0.4, 0.5) is 11.5 Å². The van der Waals surface area contributed by atoms with Crippen molar-refractivity contribution in [2.75, 3.05) is 36.4 Å². The SMILES string of the molecule is O=C(Nc1ccc(N2CCC(O)CC2)nc1)C1=NNCc2ccc(-c3cncc(CN4CCCCC4)c3)cc21. The van der Waals surface area contributed by atoms with Gasteiger partial charge in [0.25, 0.3) is 5.91 Å². The molecule has 3 aliphatic heterocycles. The summed E-state index contributed by atoms with van der Waals surface area (Å²) < 4.78 is 0. The number of carbonyl (C=O) groups excluding carboxylic acids is 1. The molecule has 0 spiro atoms. The highest BCUT2D eigenvalue weighted by atomic mass is 16.3. The predicted molar refractivity (Wildman–Crippen MR) is 152 cm³/mol. The second-order valence-corrected chi connectivity index (χ2v) is 10.7. The summed E-state index contributed by atoms with van der Waals surface area (Å²) in [5, 5.41) is 17.1. The molecule has 2 fully saturated rings. The first kappa shape index (κ1) is 25.5. The van der Waals surface area contributed by atoms with Crippen LogP contribution in [0.2, 0.25) is 0 Å². The smallest absolute Gasteiger partial charge is 0.276 e.